The molecule has 0 bridgehead atoms. The van der Waals surface area contributed by atoms with E-state index < -0.39 is 0 Å². The third-order valence-corrected chi connectivity index (χ3v) is 5.54. The zero-order chi connectivity index (χ0) is 21.5. The van der Waals surface area contributed by atoms with E-state index in [0.29, 0.717) is 40.5 Å². The maximum Gasteiger partial charge on any atom is 0.203 e. The number of nitrogens with one attached hydrogen (secondary N) is 1. The Bertz CT molecular complexity index is 832. The van der Waals surface area contributed by atoms with Crippen molar-refractivity contribution < 1.29 is 18.9 Å². The Hall–Kier alpha value is -2.22. The third kappa shape index (κ3) is 5.68. The summed E-state index contributed by atoms with van der Waals surface area (Å²) in [6.45, 7) is 2.05. The zero-order valence-electron chi connectivity index (χ0n) is 17.4. The fourth-order valence-corrected chi connectivity index (χ4v) is 3.82. The number of ether oxygens (including phenoxy) is 4. The molecule has 2 aromatic rings. The SMILES string of the molecule is COc1cc(CN(CC2CCCO2)C(=S)Nc2ccc(Cl)cc2)cc(OC)c1OC. The lowest BCUT2D eigenvalue weighted by atomic mass is 10.1. The Balaban J connectivity index is 1.82. The lowest BCUT2D eigenvalue weighted by Gasteiger charge is -2.29. The van der Waals surface area contributed by atoms with Crippen LogP contribution in [0.2, 0.25) is 5.02 Å². The maximum atomic E-state index is 5.99. The van der Waals surface area contributed by atoms with Gasteiger partial charge in [-0.25, -0.2) is 0 Å². The molecule has 8 heteroatoms. The molecule has 162 valence electrons. The van der Waals surface area contributed by atoms with E-state index in [9.17, 15) is 0 Å². The van der Waals surface area contributed by atoms with Crippen molar-refractivity contribution in [1.82, 2.24) is 4.90 Å². The normalized spacial score (nSPS) is 15.5. The molecule has 0 radical (unpaired) electrons. The van der Waals surface area contributed by atoms with Crippen LogP contribution in [0.15, 0.2) is 36.4 Å². The van der Waals surface area contributed by atoms with Crippen molar-refractivity contribution in [2.75, 3.05) is 39.8 Å². The van der Waals surface area contributed by atoms with Crippen molar-refractivity contribution >= 4 is 34.6 Å². The average molecular weight is 451 g/mol. The molecule has 0 spiro atoms. The quantitative estimate of drug-likeness (QED) is 0.582. The van der Waals surface area contributed by atoms with Gasteiger partial charge in [0.1, 0.15) is 0 Å². The van der Waals surface area contributed by atoms with Gasteiger partial charge in [0.05, 0.1) is 27.4 Å². The molecule has 30 heavy (non-hydrogen) atoms. The van der Waals surface area contributed by atoms with E-state index in [1.807, 2.05) is 36.4 Å². The van der Waals surface area contributed by atoms with Crippen LogP contribution >= 0.6 is 23.8 Å². The Kier molecular flexibility index (Phi) is 8.01. The molecule has 1 aliphatic rings. The summed E-state index contributed by atoms with van der Waals surface area (Å²) in [5.74, 6) is 1.79. The standard InChI is InChI=1S/C22H27ClN2O4S/c1-26-19-11-15(12-20(27-2)21(19)28-3)13-25(14-18-5-4-10-29-18)22(30)24-17-8-6-16(23)7-9-17/h6-9,11-12,18H,4-5,10,13-14H2,1-3H3,(H,24,30). The molecule has 1 atom stereocenters. The van der Waals surface area contributed by atoms with Crippen LogP contribution in [-0.2, 0) is 11.3 Å². The summed E-state index contributed by atoms with van der Waals surface area (Å²) in [7, 11) is 4.81. The number of thiocarbonyl (C=S) groups is 1. The number of nitrogens with zero attached hydrogens (tertiary/aromatic N) is 1. The van der Waals surface area contributed by atoms with Crippen molar-refractivity contribution in [2.45, 2.75) is 25.5 Å². The molecule has 1 aliphatic heterocycles. The van der Waals surface area contributed by atoms with E-state index in [4.69, 9.17) is 42.8 Å². The van der Waals surface area contributed by atoms with Crippen molar-refractivity contribution in [3.63, 3.8) is 0 Å². The molecule has 1 N–H and O–H groups in total. The number of hydrogen-bond acceptors (Lipinski definition) is 5. The summed E-state index contributed by atoms with van der Waals surface area (Å²) >= 11 is 11.7. The maximum absolute atomic E-state index is 5.99. The first-order chi connectivity index (χ1) is 14.5. The number of anilines is 1. The lowest BCUT2D eigenvalue weighted by molar-refractivity contribution is 0.0905. The van der Waals surface area contributed by atoms with Gasteiger partial charge in [-0.2, -0.15) is 0 Å². The molecule has 2 aromatic carbocycles. The van der Waals surface area contributed by atoms with E-state index in [0.717, 1.165) is 30.7 Å². The summed E-state index contributed by atoms with van der Waals surface area (Å²) in [5.41, 5.74) is 1.87. The second kappa shape index (κ2) is 10.7. The minimum absolute atomic E-state index is 0.150. The van der Waals surface area contributed by atoms with E-state index in [1.54, 1.807) is 21.3 Å². The highest BCUT2D eigenvalue weighted by molar-refractivity contribution is 7.80. The van der Waals surface area contributed by atoms with Crippen LogP contribution in [0, 0.1) is 0 Å². The van der Waals surface area contributed by atoms with Gasteiger partial charge in [-0.1, -0.05) is 11.6 Å². The Labute approximate surface area is 188 Å². The zero-order valence-corrected chi connectivity index (χ0v) is 19.0. The number of hydrogen-bond donors (Lipinski definition) is 1. The molecule has 1 saturated heterocycles. The molecule has 0 aromatic heterocycles. The fraction of sp³-hybridized carbons (Fsp3) is 0.409. The van der Waals surface area contributed by atoms with Crippen molar-refractivity contribution in [2.24, 2.45) is 0 Å². The first-order valence-electron chi connectivity index (χ1n) is 9.76. The molecule has 6 nitrogen and oxygen atoms in total. The van der Waals surface area contributed by atoms with E-state index in [2.05, 4.69) is 10.2 Å². The van der Waals surface area contributed by atoms with Crippen LogP contribution in [-0.4, -0.2) is 50.6 Å². The number of halogens is 1. The van der Waals surface area contributed by atoms with Crippen LogP contribution in [0.3, 0.4) is 0 Å². The Morgan fingerprint density at radius 2 is 1.80 bits per heavy atom. The summed E-state index contributed by atoms with van der Waals surface area (Å²) in [6, 6.07) is 11.3. The van der Waals surface area contributed by atoms with Crippen molar-refractivity contribution in [3.05, 3.63) is 47.0 Å². The van der Waals surface area contributed by atoms with E-state index >= 15 is 0 Å². The molecular formula is C22H27ClN2O4S. The topological polar surface area (TPSA) is 52.2 Å². The van der Waals surface area contributed by atoms with Gasteiger partial charge in [0.25, 0.3) is 0 Å². The monoisotopic (exact) mass is 450 g/mol. The highest BCUT2D eigenvalue weighted by Crippen LogP contribution is 2.38. The van der Waals surface area contributed by atoms with E-state index in [1.165, 1.54) is 0 Å². The first-order valence-corrected chi connectivity index (χ1v) is 10.5. The molecule has 1 fully saturated rings. The second-order valence-corrected chi connectivity index (χ2v) is 7.81. The van der Waals surface area contributed by atoms with Gasteiger partial charge in [-0.15, -0.1) is 0 Å². The fourth-order valence-electron chi connectivity index (χ4n) is 3.44. The minimum atomic E-state index is 0.150. The van der Waals surface area contributed by atoms with Crippen LogP contribution < -0.4 is 19.5 Å². The van der Waals surface area contributed by atoms with Gasteiger partial charge >= 0.3 is 0 Å². The first kappa shape index (κ1) is 22.5. The van der Waals surface area contributed by atoms with Crippen molar-refractivity contribution in [3.8, 4) is 17.2 Å². The van der Waals surface area contributed by atoms with Gasteiger partial charge < -0.3 is 29.2 Å². The van der Waals surface area contributed by atoms with Gasteiger partial charge in [0, 0.05) is 30.4 Å². The minimum Gasteiger partial charge on any atom is -0.493 e. The van der Waals surface area contributed by atoms with Gasteiger partial charge in [-0.05, 0) is 67.0 Å². The van der Waals surface area contributed by atoms with Crippen LogP contribution in [0.4, 0.5) is 5.69 Å². The average Bonchev–Trinajstić information content (AvgIpc) is 3.27. The molecule has 3 rings (SSSR count). The van der Waals surface area contributed by atoms with Crippen molar-refractivity contribution in [1.29, 1.82) is 0 Å². The number of rotatable bonds is 8. The van der Waals surface area contributed by atoms with Gasteiger partial charge in [0.2, 0.25) is 5.75 Å². The smallest absolute Gasteiger partial charge is 0.203 e. The van der Waals surface area contributed by atoms with Gasteiger partial charge in [0.15, 0.2) is 16.6 Å². The molecular weight excluding hydrogens is 424 g/mol. The Morgan fingerprint density at radius 1 is 1.13 bits per heavy atom. The summed E-state index contributed by atoms with van der Waals surface area (Å²) in [6.07, 6.45) is 2.24. The number of methoxy groups -OCH3 is 3. The van der Waals surface area contributed by atoms with E-state index in [-0.39, 0.29) is 6.10 Å². The molecule has 0 amide bonds. The second-order valence-electron chi connectivity index (χ2n) is 6.99. The predicted molar refractivity (Wildman–Crippen MR) is 123 cm³/mol. The summed E-state index contributed by atoms with van der Waals surface area (Å²) < 4.78 is 22.3. The van der Waals surface area contributed by atoms with Crippen LogP contribution in [0.5, 0.6) is 17.2 Å². The summed E-state index contributed by atoms with van der Waals surface area (Å²) in [5, 5.41) is 4.59. The highest BCUT2D eigenvalue weighted by Gasteiger charge is 2.22. The Morgan fingerprint density at radius 3 is 2.33 bits per heavy atom. The number of benzene rings is 2. The highest BCUT2D eigenvalue weighted by atomic mass is 35.5. The van der Waals surface area contributed by atoms with Crippen LogP contribution in [0.25, 0.3) is 0 Å². The predicted octanol–water partition coefficient (Wildman–Crippen LogP) is 4.74. The largest absolute Gasteiger partial charge is 0.493 e. The molecule has 0 saturated carbocycles. The van der Waals surface area contributed by atoms with Gasteiger partial charge in [-0.3, -0.25) is 0 Å². The molecule has 1 heterocycles. The lowest BCUT2D eigenvalue weighted by Crippen LogP contribution is -2.39. The summed E-state index contributed by atoms with van der Waals surface area (Å²) in [4.78, 5) is 2.10. The van der Waals surface area contributed by atoms with Crippen LogP contribution in [0.1, 0.15) is 18.4 Å². The molecule has 0 aliphatic carbocycles. The third-order valence-electron chi connectivity index (χ3n) is 4.93. The molecule has 1 unspecified atom stereocenters.